The quantitative estimate of drug-likeness (QED) is 0.922. The van der Waals surface area contributed by atoms with Gasteiger partial charge in [0.05, 0.1) is 5.69 Å². The second-order valence-corrected chi connectivity index (χ2v) is 5.55. The monoisotopic (exact) mass is 320 g/mol. The number of hydrogen-bond acceptors (Lipinski definition) is 3. The fraction of sp³-hybridized carbons (Fsp3) is 0.375. The summed E-state index contributed by atoms with van der Waals surface area (Å²) in [6.07, 6.45) is 1.73. The molecule has 2 heterocycles. The smallest absolute Gasteiger partial charge is 0.274 e. The molecule has 1 amide bonds. The summed E-state index contributed by atoms with van der Waals surface area (Å²) in [4.78, 5) is 14.4. The SMILES string of the molecule is Cc1cc(C(=O)N2CCC(N)CC2)nn1-c1ccccc1.Cl. The number of aromatic nitrogens is 2. The minimum Gasteiger partial charge on any atom is -0.337 e. The topological polar surface area (TPSA) is 64.2 Å². The Bertz CT molecular complexity index is 633. The molecule has 0 aliphatic carbocycles. The first-order valence-corrected chi connectivity index (χ1v) is 7.32. The van der Waals surface area contributed by atoms with Crippen molar-refractivity contribution >= 4 is 18.3 Å². The third-order valence-electron chi connectivity index (χ3n) is 3.93. The Labute approximate surface area is 136 Å². The van der Waals surface area contributed by atoms with Gasteiger partial charge in [0.2, 0.25) is 0 Å². The fourth-order valence-corrected chi connectivity index (χ4v) is 2.67. The Balaban J connectivity index is 0.00000176. The third kappa shape index (κ3) is 3.31. The molecule has 1 aliphatic rings. The molecule has 6 heteroatoms. The van der Waals surface area contributed by atoms with E-state index in [4.69, 9.17) is 5.73 Å². The maximum absolute atomic E-state index is 12.5. The average Bonchev–Trinajstić information content (AvgIpc) is 2.90. The van der Waals surface area contributed by atoms with Crippen LogP contribution in [0.4, 0.5) is 0 Å². The highest BCUT2D eigenvalue weighted by atomic mass is 35.5. The lowest BCUT2D eigenvalue weighted by molar-refractivity contribution is 0.0708. The number of likely N-dealkylation sites (tertiary alicyclic amines) is 1. The van der Waals surface area contributed by atoms with E-state index in [1.165, 1.54) is 0 Å². The van der Waals surface area contributed by atoms with Gasteiger partial charge in [-0.2, -0.15) is 5.10 Å². The molecule has 118 valence electrons. The van der Waals surface area contributed by atoms with E-state index in [1.54, 1.807) is 0 Å². The van der Waals surface area contributed by atoms with E-state index in [0.717, 1.165) is 37.3 Å². The maximum Gasteiger partial charge on any atom is 0.274 e. The van der Waals surface area contributed by atoms with E-state index >= 15 is 0 Å². The summed E-state index contributed by atoms with van der Waals surface area (Å²) in [6, 6.07) is 11.9. The largest absolute Gasteiger partial charge is 0.337 e. The summed E-state index contributed by atoms with van der Waals surface area (Å²) < 4.78 is 1.81. The number of amides is 1. The minimum absolute atomic E-state index is 0. The molecule has 1 aromatic carbocycles. The van der Waals surface area contributed by atoms with E-state index < -0.39 is 0 Å². The van der Waals surface area contributed by atoms with Gasteiger partial charge >= 0.3 is 0 Å². The first kappa shape index (κ1) is 16.5. The lowest BCUT2D eigenvalue weighted by Gasteiger charge is -2.29. The Morgan fingerprint density at radius 3 is 2.50 bits per heavy atom. The summed E-state index contributed by atoms with van der Waals surface area (Å²) in [5.74, 6) is -0.000295. The number of carbonyl (C=O) groups is 1. The van der Waals surface area contributed by atoms with E-state index in [1.807, 2.05) is 52.9 Å². The zero-order chi connectivity index (χ0) is 14.8. The molecular weight excluding hydrogens is 300 g/mol. The first-order valence-electron chi connectivity index (χ1n) is 7.32. The van der Waals surface area contributed by atoms with E-state index in [-0.39, 0.29) is 24.4 Å². The number of halogens is 1. The number of hydrogen-bond donors (Lipinski definition) is 1. The van der Waals surface area contributed by atoms with Gasteiger partial charge in [-0.25, -0.2) is 4.68 Å². The van der Waals surface area contributed by atoms with Crippen molar-refractivity contribution in [2.45, 2.75) is 25.8 Å². The second-order valence-electron chi connectivity index (χ2n) is 5.55. The standard InChI is InChI=1S/C16H20N4O.ClH/c1-12-11-15(16(21)19-9-7-13(17)8-10-19)18-20(12)14-5-3-2-4-6-14;/h2-6,11,13H,7-10,17H2,1H3;1H. The van der Waals surface area contributed by atoms with Gasteiger partial charge in [0.25, 0.3) is 5.91 Å². The van der Waals surface area contributed by atoms with Crippen LogP contribution in [0.15, 0.2) is 36.4 Å². The summed E-state index contributed by atoms with van der Waals surface area (Å²) in [5, 5.41) is 4.47. The van der Waals surface area contributed by atoms with Gasteiger partial charge in [-0.3, -0.25) is 4.79 Å². The van der Waals surface area contributed by atoms with E-state index in [9.17, 15) is 4.79 Å². The lowest BCUT2D eigenvalue weighted by Crippen LogP contribution is -2.43. The molecule has 1 fully saturated rings. The molecule has 0 saturated carbocycles. The predicted octanol–water partition coefficient (Wildman–Crippen LogP) is 2.17. The Kier molecular flexibility index (Phi) is 5.21. The van der Waals surface area contributed by atoms with Crippen molar-refractivity contribution in [3.8, 4) is 5.69 Å². The summed E-state index contributed by atoms with van der Waals surface area (Å²) in [7, 11) is 0. The zero-order valence-corrected chi connectivity index (χ0v) is 13.4. The molecular formula is C16H21ClN4O. The molecule has 1 aromatic heterocycles. The highest BCUT2D eigenvalue weighted by molar-refractivity contribution is 5.92. The van der Waals surface area contributed by atoms with Crippen LogP contribution in [0.2, 0.25) is 0 Å². The van der Waals surface area contributed by atoms with Crippen LogP contribution < -0.4 is 5.73 Å². The van der Waals surface area contributed by atoms with Crippen molar-refractivity contribution in [1.29, 1.82) is 0 Å². The van der Waals surface area contributed by atoms with Crippen LogP contribution >= 0.6 is 12.4 Å². The number of benzene rings is 1. The average molecular weight is 321 g/mol. The van der Waals surface area contributed by atoms with Crippen LogP contribution in [-0.4, -0.2) is 39.7 Å². The molecule has 0 unspecified atom stereocenters. The van der Waals surface area contributed by atoms with Crippen molar-refractivity contribution in [2.75, 3.05) is 13.1 Å². The van der Waals surface area contributed by atoms with Gasteiger partial charge in [-0.1, -0.05) is 18.2 Å². The summed E-state index contributed by atoms with van der Waals surface area (Å²) in [6.45, 7) is 3.40. The molecule has 1 saturated heterocycles. The number of nitrogens with zero attached hydrogens (tertiary/aromatic N) is 3. The highest BCUT2D eigenvalue weighted by Gasteiger charge is 2.24. The summed E-state index contributed by atoms with van der Waals surface area (Å²) in [5.41, 5.74) is 8.31. The van der Waals surface area contributed by atoms with Gasteiger partial charge in [0.15, 0.2) is 5.69 Å². The van der Waals surface area contributed by atoms with Crippen LogP contribution in [0.25, 0.3) is 5.69 Å². The van der Waals surface area contributed by atoms with Gasteiger partial charge < -0.3 is 10.6 Å². The van der Waals surface area contributed by atoms with Crippen molar-refractivity contribution in [1.82, 2.24) is 14.7 Å². The van der Waals surface area contributed by atoms with Crippen LogP contribution in [-0.2, 0) is 0 Å². The Morgan fingerprint density at radius 2 is 1.86 bits per heavy atom. The van der Waals surface area contributed by atoms with Gasteiger partial charge in [-0.05, 0) is 38.0 Å². The normalized spacial score (nSPS) is 15.5. The predicted molar refractivity (Wildman–Crippen MR) is 88.7 cm³/mol. The zero-order valence-electron chi connectivity index (χ0n) is 12.6. The van der Waals surface area contributed by atoms with Gasteiger partial charge in [-0.15, -0.1) is 12.4 Å². The molecule has 1 aliphatic heterocycles. The first-order chi connectivity index (χ1) is 10.1. The molecule has 0 atom stereocenters. The highest BCUT2D eigenvalue weighted by Crippen LogP contribution is 2.15. The fourth-order valence-electron chi connectivity index (χ4n) is 2.67. The van der Waals surface area contributed by atoms with Crippen molar-refractivity contribution < 1.29 is 4.79 Å². The van der Waals surface area contributed by atoms with E-state index in [0.29, 0.717) is 5.69 Å². The van der Waals surface area contributed by atoms with Gasteiger partial charge in [0, 0.05) is 24.8 Å². The van der Waals surface area contributed by atoms with Crippen molar-refractivity contribution in [2.24, 2.45) is 5.73 Å². The van der Waals surface area contributed by atoms with Crippen molar-refractivity contribution in [3.05, 3.63) is 47.8 Å². The van der Waals surface area contributed by atoms with Crippen LogP contribution in [0.3, 0.4) is 0 Å². The molecule has 2 aromatic rings. The molecule has 5 nitrogen and oxygen atoms in total. The third-order valence-corrected chi connectivity index (χ3v) is 3.93. The molecule has 0 radical (unpaired) electrons. The molecule has 0 bridgehead atoms. The van der Waals surface area contributed by atoms with Crippen LogP contribution in [0.5, 0.6) is 0 Å². The Hall–Kier alpha value is -1.85. The number of para-hydroxylation sites is 1. The second kappa shape index (κ2) is 6.94. The van der Waals surface area contributed by atoms with Gasteiger partial charge in [0.1, 0.15) is 0 Å². The number of piperidine rings is 1. The van der Waals surface area contributed by atoms with Crippen LogP contribution in [0.1, 0.15) is 29.0 Å². The number of rotatable bonds is 2. The maximum atomic E-state index is 12.5. The number of nitrogens with two attached hydrogens (primary N) is 1. The van der Waals surface area contributed by atoms with Crippen LogP contribution in [0, 0.1) is 6.92 Å². The number of carbonyl (C=O) groups excluding carboxylic acids is 1. The van der Waals surface area contributed by atoms with E-state index in [2.05, 4.69) is 5.10 Å². The molecule has 3 rings (SSSR count). The lowest BCUT2D eigenvalue weighted by atomic mass is 10.1. The Morgan fingerprint density at radius 1 is 1.23 bits per heavy atom. The van der Waals surface area contributed by atoms with Crippen molar-refractivity contribution in [3.63, 3.8) is 0 Å². The number of aryl methyl sites for hydroxylation is 1. The molecule has 0 spiro atoms. The molecule has 2 N–H and O–H groups in total. The minimum atomic E-state index is -0.000295. The molecule has 22 heavy (non-hydrogen) atoms. The summed E-state index contributed by atoms with van der Waals surface area (Å²) >= 11 is 0.